The summed E-state index contributed by atoms with van der Waals surface area (Å²) >= 11 is 0. The third-order valence-corrected chi connectivity index (χ3v) is 3.26. The first-order valence-corrected chi connectivity index (χ1v) is 6.83. The SMILES string of the molecule is CCNC(CC(F)(F)F)c1cc(CC)ccc1CC. The summed E-state index contributed by atoms with van der Waals surface area (Å²) in [5, 5.41) is 2.96. The van der Waals surface area contributed by atoms with Gasteiger partial charge in [0.1, 0.15) is 0 Å². The number of nitrogens with one attached hydrogen (secondary N) is 1. The standard InChI is InChI=1S/C15H22F3N/c1-4-11-7-8-12(5-2)13(9-11)14(19-6-3)10-15(16,17)18/h7-9,14,19H,4-6,10H2,1-3H3. The number of halogens is 3. The first kappa shape index (κ1) is 16.0. The van der Waals surface area contributed by atoms with Crippen molar-refractivity contribution >= 4 is 0 Å². The molecule has 1 N–H and O–H groups in total. The van der Waals surface area contributed by atoms with Crippen LogP contribution in [0.15, 0.2) is 18.2 Å². The normalized spacial score (nSPS) is 13.6. The molecule has 0 aliphatic carbocycles. The lowest BCUT2D eigenvalue weighted by molar-refractivity contribution is -0.140. The summed E-state index contributed by atoms with van der Waals surface area (Å²) in [6.07, 6.45) is -3.39. The van der Waals surface area contributed by atoms with E-state index in [1.807, 2.05) is 39.0 Å². The Kier molecular flexibility index (Phi) is 5.85. The van der Waals surface area contributed by atoms with Crippen LogP contribution in [0.2, 0.25) is 0 Å². The lowest BCUT2D eigenvalue weighted by Crippen LogP contribution is -2.27. The van der Waals surface area contributed by atoms with Crippen molar-refractivity contribution in [2.45, 2.75) is 52.3 Å². The molecule has 0 aliphatic heterocycles. The minimum atomic E-state index is -4.15. The van der Waals surface area contributed by atoms with Crippen molar-refractivity contribution < 1.29 is 13.2 Å². The predicted molar refractivity (Wildman–Crippen MR) is 72.3 cm³/mol. The predicted octanol–water partition coefficient (Wildman–Crippen LogP) is 4.41. The van der Waals surface area contributed by atoms with Crippen molar-refractivity contribution in [2.24, 2.45) is 0 Å². The Bertz CT molecular complexity index is 399. The quantitative estimate of drug-likeness (QED) is 0.809. The number of hydrogen-bond acceptors (Lipinski definition) is 1. The number of hydrogen-bond donors (Lipinski definition) is 1. The van der Waals surface area contributed by atoms with E-state index in [0.29, 0.717) is 6.54 Å². The summed E-state index contributed by atoms with van der Waals surface area (Å²) in [5.41, 5.74) is 2.87. The molecule has 0 radical (unpaired) electrons. The molecule has 0 heterocycles. The number of alkyl halides is 3. The average molecular weight is 273 g/mol. The third-order valence-electron chi connectivity index (χ3n) is 3.26. The number of benzene rings is 1. The van der Waals surface area contributed by atoms with Gasteiger partial charge >= 0.3 is 6.18 Å². The zero-order valence-electron chi connectivity index (χ0n) is 11.8. The molecule has 1 rings (SSSR count). The maximum absolute atomic E-state index is 12.7. The van der Waals surface area contributed by atoms with Gasteiger partial charge in [0.15, 0.2) is 0 Å². The van der Waals surface area contributed by atoms with Gasteiger partial charge in [0.25, 0.3) is 0 Å². The second kappa shape index (κ2) is 6.94. The minimum absolute atomic E-state index is 0.528. The van der Waals surface area contributed by atoms with Crippen LogP contribution in [0.25, 0.3) is 0 Å². The molecule has 1 aromatic carbocycles. The van der Waals surface area contributed by atoms with Crippen molar-refractivity contribution in [1.82, 2.24) is 5.32 Å². The molecule has 0 amide bonds. The van der Waals surface area contributed by atoms with E-state index in [4.69, 9.17) is 0 Å². The molecule has 0 saturated heterocycles. The fourth-order valence-electron chi connectivity index (χ4n) is 2.28. The Labute approximate surface area is 113 Å². The van der Waals surface area contributed by atoms with E-state index >= 15 is 0 Å². The largest absolute Gasteiger partial charge is 0.390 e. The Balaban J connectivity index is 3.12. The topological polar surface area (TPSA) is 12.0 Å². The van der Waals surface area contributed by atoms with Gasteiger partial charge in [0.2, 0.25) is 0 Å². The first-order valence-electron chi connectivity index (χ1n) is 6.83. The van der Waals surface area contributed by atoms with E-state index < -0.39 is 18.6 Å². The smallest absolute Gasteiger partial charge is 0.310 e. The zero-order chi connectivity index (χ0) is 14.5. The van der Waals surface area contributed by atoms with Gasteiger partial charge in [-0.2, -0.15) is 13.2 Å². The maximum Gasteiger partial charge on any atom is 0.390 e. The van der Waals surface area contributed by atoms with E-state index in [1.165, 1.54) is 0 Å². The average Bonchev–Trinajstić information content (AvgIpc) is 2.36. The van der Waals surface area contributed by atoms with Gasteiger partial charge in [-0.1, -0.05) is 39.0 Å². The molecule has 1 aromatic rings. The van der Waals surface area contributed by atoms with Crippen LogP contribution < -0.4 is 5.32 Å². The Morgan fingerprint density at radius 3 is 2.26 bits per heavy atom. The van der Waals surface area contributed by atoms with Crippen molar-refractivity contribution in [3.8, 4) is 0 Å². The van der Waals surface area contributed by atoms with Gasteiger partial charge in [-0.25, -0.2) is 0 Å². The molecule has 0 saturated carbocycles. The molecule has 108 valence electrons. The molecule has 19 heavy (non-hydrogen) atoms. The second-order valence-electron chi connectivity index (χ2n) is 4.67. The van der Waals surface area contributed by atoms with Crippen LogP contribution in [0.4, 0.5) is 13.2 Å². The minimum Gasteiger partial charge on any atom is -0.310 e. The van der Waals surface area contributed by atoms with Crippen molar-refractivity contribution in [3.63, 3.8) is 0 Å². The first-order chi connectivity index (χ1) is 8.91. The lowest BCUT2D eigenvalue weighted by Gasteiger charge is -2.23. The molecule has 0 aliphatic rings. The zero-order valence-corrected chi connectivity index (χ0v) is 11.8. The molecule has 0 aromatic heterocycles. The van der Waals surface area contributed by atoms with Gasteiger partial charge in [-0.05, 0) is 36.1 Å². The van der Waals surface area contributed by atoms with Gasteiger partial charge in [-0.15, -0.1) is 0 Å². The maximum atomic E-state index is 12.7. The molecule has 0 bridgehead atoms. The lowest BCUT2D eigenvalue weighted by atomic mass is 9.93. The van der Waals surface area contributed by atoms with E-state index in [-0.39, 0.29) is 0 Å². The van der Waals surface area contributed by atoms with Gasteiger partial charge in [0.05, 0.1) is 6.42 Å². The highest BCUT2D eigenvalue weighted by Gasteiger charge is 2.33. The van der Waals surface area contributed by atoms with Crippen LogP contribution in [0.3, 0.4) is 0 Å². The molecule has 1 unspecified atom stereocenters. The highest BCUT2D eigenvalue weighted by Crippen LogP contribution is 2.31. The molecule has 4 heteroatoms. The van der Waals surface area contributed by atoms with Crippen LogP contribution in [0.1, 0.15) is 49.9 Å². The fourth-order valence-corrected chi connectivity index (χ4v) is 2.28. The molecule has 1 atom stereocenters. The summed E-state index contributed by atoms with van der Waals surface area (Å²) < 4.78 is 38.1. The molecule has 1 nitrogen and oxygen atoms in total. The van der Waals surface area contributed by atoms with E-state index in [9.17, 15) is 13.2 Å². The summed E-state index contributed by atoms with van der Waals surface area (Å²) in [4.78, 5) is 0. The van der Waals surface area contributed by atoms with Crippen LogP contribution in [0.5, 0.6) is 0 Å². The summed E-state index contributed by atoms with van der Waals surface area (Å²) in [6, 6.07) is 5.22. The molecule has 0 fully saturated rings. The van der Waals surface area contributed by atoms with Gasteiger partial charge in [0, 0.05) is 6.04 Å². The van der Waals surface area contributed by atoms with Gasteiger partial charge in [-0.3, -0.25) is 0 Å². The number of aryl methyl sites for hydroxylation is 2. The van der Waals surface area contributed by atoms with Crippen molar-refractivity contribution in [3.05, 3.63) is 34.9 Å². The third kappa shape index (κ3) is 4.86. The van der Waals surface area contributed by atoms with Crippen LogP contribution in [-0.4, -0.2) is 12.7 Å². The van der Waals surface area contributed by atoms with E-state index in [2.05, 4.69) is 5.32 Å². The highest BCUT2D eigenvalue weighted by molar-refractivity contribution is 5.34. The van der Waals surface area contributed by atoms with Crippen LogP contribution >= 0.6 is 0 Å². The Morgan fingerprint density at radius 2 is 1.79 bits per heavy atom. The van der Waals surface area contributed by atoms with Gasteiger partial charge < -0.3 is 5.32 Å². The molecule has 0 spiro atoms. The monoisotopic (exact) mass is 273 g/mol. The van der Waals surface area contributed by atoms with E-state index in [0.717, 1.165) is 29.5 Å². The second-order valence-corrected chi connectivity index (χ2v) is 4.67. The highest BCUT2D eigenvalue weighted by atomic mass is 19.4. The van der Waals surface area contributed by atoms with Crippen molar-refractivity contribution in [1.29, 1.82) is 0 Å². The summed E-state index contributed by atoms with van der Waals surface area (Å²) in [7, 11) is 0. The summed E-state index contributed by atoms with van der Waals surface area (Å²) in [6.45, 7) is 6.34. The Morgan fingerprint density at radius 1 is 1.11 bits per heavy atom. The molecular formula is C15H22F3N. The van der Waals surface area contributed by atoms with Crippen molar-refractivity contribution in [2.75, 3.05) is 6.54 Å². The van der Waals surface area contributed by atoms with Crippen LogP contribution in [-0.2, 0) is 12.8 Å². The Hall–Kier alpha value is -1.03. The number of rotatable bonds is 6. The summed E-state index contributed by atoms with van der Waals surface area (Å²) in [5.74, 6) is 0. The van der Waals surface area contributed by atoms with E-state index in [1.54, 1.807) is 0 Å². The fraction of sp³-hybridized carbons (Fsp3) is 0.600. The molecular weight excluding hydrogens is 251 g/mol. The van der Waals surface area contributed by atoms with Crippen LogP contribution in [0, 0.1) is 0 Å².